The van der Waals surface area contributed by atoms with Crippen molar-refractivity contribution in [3.05, 3.63) is 29.8 Å². The van der Waals surface area contributed by atoms with Crippen molar-refractivity contribution in [1.82, 2.24) is 5.32 Å². The Hall–Kier alpha value is -1.55. The van der Waals surface area contributed by atoms with Crippen molar-refractivity contribution in [2.75, 3.05) is 5.32 Å². The van der Waals surface area contributed by atoms with E-state index in [1.54, 1.807) is 0 Å². The van der Waals surface area contributed by atoms with Crippen molar-refractivity contribution in [3.63, 3.8) is 0 Å². The number of carbonyl (C=O) groups is 1. The van der Waals surface area contributed by atoms with E-state index >= 15 is 0 Å². The van der Waals surface area contributed by atoms with Gasteiger partial charge in [0.25, 0.3) is 0 Å². The lowest BCUT2D eigenvalue weighted by Gasteiger charge is -2.18. The Kier molecular flexibility index (Phi) is 5.65. The molecule has 2 unspecified atom stereocenters. The molecular weight excluding hydrogens is 228 g/mol. The van der Waals surface area contributed by atoms with Crippen LogP contribution >= 0.6 is 0 Å². The van der Waals surface area contributed by atoms with Crippen LogP contribution in [0.5, 0.6) is 0 Å². The molecule has 0 bridgehead atoms. The van der Waals surface area contributed by atoms with Gasteiger partial charge in [-0.2, -0.15) is 0 Å². The van der Waals surface area contributed by atoms with Gasteiger partial charge in [0, 0.05) is 11.7 Å². The average molecular weight is 250 g/mol. The molecule has 0 radical (unpaired) electrons. The summed E-state index contributed by atoms with van der Waals surface area (Å²) in [4.78, 5) is 11.8. The molecule has 0 saturated heterocycles. The summed E-state index contributed by atoms with van der Waals surface area (Å²) in [5.41, 5.74) is 1.67. The molecule has 0 saturated carbocycles. The molecule has 0 aliphatic rings. The third-order valence-electron chi connectivity index (χ3n) is 2.89. The minimum absolute atomic E-state index is 0.00294. The second-order valence-electron chi connectivity index (χ2n) is 4.54. The second kappa shape index (κ2) is 7.01. The van der Waals surface area contributed by atoms with Crippen LogP contribution in [0.3, 0.4) is 0 Å². The smallest absolute Gasteiger partial charge is 0.242 e. The Morgan fingerprint density at radius 3 is 2.72 bits per heavy atom. The lowest BCUT2D eigenvalue weighted by molar-refractivity contribution is -0.122. The van der Waals surface area contributed by atoms with E-state index in [1.807, 2.05) is 45.0 Å². The second-order valence-corrected chi connectivity index (χ2v) is 4.54. The van der Waals surface area contributed by atoms with Gasteiger partial charge in [-0.3, -0.25) is 4.79 Å². The van der Waals surface area contributed by atoms with E-state index in [2.05, 4.69) is 10.6 Å². The number of hydrogen-bond donors (Lipinski definition) is 3. The van der Waals surface area contributed by atoms with Crippen LogP contribution in [0.4, 0.5) is 5.69 Å². The Balaban J connectivity index is 2.57. The zero-order valence-corrected chi connectivity index (χ0v) is 11.2. The Morgan fingerprint density at radius 2 is 2.11 bits per heavy atom. The molecule has 0 aliphatic heterocycles. The van der Waals surface area contributed by atoms with Gasteiger partial charge in [-0.05, 0) is 38.0 Å². The van der Waals surface area contributed by atoms with Gasteiger partial charge >= 0.3 is 0 Å². The SMILES string of the molecule is CCC(C)NC(=O)C(C)Nc1cccc(CO)c1. The summed E-state index contributed by atoms with van der Waals surface area (Å²) in [6, 6.07) is 7.31. The molecule has 1 rings (SSSR count). The number of amides is 1. The van der Waals surface area contributed by atoms with E-state index in [0.717, 1.165) is 17.7 Å². The van der Waals surface area contributed by atoms with Crippen LogP contribution in [0, 0.1) is 0 Å². The number of nitrogens with one attached hydrogen (secondary N) is 2. The van der Waals surface area contributed by atoms with Gasteiger partial charge in [0.05, 0.1) is 6.61 Å². The largest absolute Gasteiger partial charge is 0.392 e. The van der Waals surface area contributed by atoms with Crippen LogP contribution in [0.1, 0.15) is 32.8 Å². The first-order valence-electron chi connectivity index (χ1n) is 6.33. The molecule has 4 nitrogen and oxygen atoms in total. The van der Waals surface area contributed by atoms with Crippen molar-refractivity contribution in [3.8, 4) is 0 Å². The van der Waals surface area contributed by atoms with Gasteiger partial charge in [0.2, 0.25) is 5.91 Å². The predicted octanol–water partition coefficient (Wildman–Crippen LogP) is 1.89. The zero-order chi connectivity index (χ0) is 13.5. The standard InChI is InChI=1S/C14H22N2O2/c1-4-10(2)15-14(18)11(3)16-13-7-5-6-12(8-13)9-17/h5-8,10-11,16-17H,4,9H2,1-3H3,(H,15,18). The van der Waals surface area contributed by atoms with E-state index in [4.69, 9.17) is 5.11 Å². The van der Waals surface area contributed by atoms with Gasteiger partial charge in [0.15, 0.2) is 0 Å². The van der Waals surface area contributed by atoms with Crippen LogP contribution in [-0.2, 0) is 11.4 Å². The number of aliphatic hydroxyl groups is 1. The fourth-order valence-electron chi connectivity index (χ4n) is 1.54. The minimum atomic E-state index is -0.298. The molecule has 0 aromatic heterocycles. The zero-order valence-electron chi connectivity index (χ0n) is 11.2. The van der Waals surface area contributed by atoms with E-state index < -0.39 is 0 Å². The van der Waals surface area contributed by atoms with Crippen LogP contribution in [0.2, 0.25) is 0 Å². The number of carbonyl (C=O) groups excluding carboxylic acids is 1. The summed E-state index contributed by atoms with van der Waals surface area (Å²) in [5, 5.41) is 15.1. The normalized spacial score (nSPS) is 13.8. The van der Waals surface area contributed by atoms with E-state index in [1.165, 1.54) is 0 Å². The Bertz CT molecular complexity index is 393. The molecule has 1 amide bonds. The molecular formula is C14H22N2O2. The first kappa shape index (κ1) is 14.5. The third-order valence-corrected chi connectivity index (χ3v) is 2.89. The van der Waals surface area contributed by atoms with Crippen molar-refractivity contribution in [1.29, 1.82) is 0 Å². The highest BCUT2D eigenvalue weighted by molar-refractivity contribution is 5.84. The summed E-state index contributed by atoms with van der Waals surface area (Å²) in [7, 11) is 0. The third kappa shape index (κ3) is 4.37. The first-order chi connectivity index (χ1) is 8.56. The highest BCUT2D eigenvalue weighted by Gasteiger charge is 2.14. The number of rotatable bonds is 6. The molecule has 100 valence electrons. The summed E-state index contributed by atoms with van der Waals surface area (Å²) < 4.78 is 0. The highest BCUT2D eigenvalue weighted by Crippen LogP contribution is 2.11. The number of anilines is 1. The molecule has 3 N–H and O–H groups in total. The number of hydrogen-bond acceptors (Lipinski definition) is 3. The molecule has 0 heterocycles. The Labute approximate surface area is 108 Å². The predicted molar refractivity (Wildman–Crippen MR) is 73.3 cm³/mol. The molecule has 1 aromatic carbocycles. The molecule has 0 aliphatic carbocycles. The number of benzene rings is 1. The maximum Gasteiger partial charge on any atom is 0.242 e. The van der Waals surface area contributed by atoms with E-state index in [0.29, 0.717) is 0 Å². The maximum absolute atomic E-state index is 11.8. The topological polar surface area (TPSA) is 61.4 Å². The lowest BCUT2D eigenvalue weighted by Crippen LogP contribution is -2.41. The summed E-state index contributed by atoms with van der Waals surface area (Å²) in [6.45, 7) is 5.84. The van der Waals surface area contributed by atoms with Gasteiger partial charge in [-0.15, -0.1) is 0 Å². The molecule has 0 fully saturated rings. The Morgan fingerprint density at radius 1 is 1.39 bits per heavy atom. The fraction of sp³-hybridized carbons (Fsp3) is 0.500. The van der Waals surface area contributed by atoms with E-state index in [-0.39, 0.29) is 24.6 Å². The summed E-state index contributed by atoms with van der Waals surface area (Å²) >= 11 is 0. The molecule has 2 atom stereocenters. The molecule has 18 heavy (non-hydrogen) atoms. The lowest BCUT2D eigenvalue weighted by atomic mass is 10.2. The van der Waals surface area contributed by atoms with Gasteiger partial charge in [-0.25, -0.2) is 0 Å². The van der Waals surface area contributed by atoms with Crippen molar-refractivity contribution in [2.45, 2.75) is 45.9 Å². The summed E-state index contributed by atoms with van der Waals surface area (Å²) in [6.07, 6.45) is 0.915. The van der Waals surface area contributed by atoms with Crippen LogP contribution in [0.15, 0.2) is 24.3 Å². The fourth-order valence-corrected chi connectivity index (χ4v) is 1.54. The average Bonchev–Trinajstić information content (AvgIpc) is 2.38. The molecule has 0 spiro atoms. The van der Waals surface area contributed by atoms with Gasteiger partial charge in [-0.1, -0.05) is 19.1 Å². The molecule has 1 aromatic rings. The highest BCUT2D eigenvalue weighted by atomic mass is 16.3. The van der Waals surface area contributed by atoms with Gasteiger partial charge in [0.1, 0.15) is 6.04 Å². The minimum Gasteiger partial charge on any atom is -0.392 e. The van der Waals surface area contributed by atoms with Crippen molar-refractivity contribution in [2.24, 2.45) is 0 Å². The van der Waals surface area contributed by atoms with Crippen molar-refractivity contribution >= 4 is 11.6 Å². The maximum atomic E-state index is 11.8. The molecule has 4 heteroatoms. The summed E-state index contributed by atoms with van der Waals surface area (Å²) in [5.74, 6) is -0.0150. The van der Waals surface area contributed by atoms with Gasteiger partial charge < -0.3 is 15.7 Å². The van der Waals surface area contributed by atoms with Crippen LogP contribution < -0.4 is 10.6 Å². The van der Waals surface area contributed by atoms with Crippen LogP contribution in [0.25, 0.3) is 0 Å². The quantitative estimate of drug-likeness (QED) is 0.722. The number of aliphatic hydroxyl groups excluding tert-OH is 1. The van der Waals surface area contributed by atoms with E-state index in [9.17, 15) is 4.79 Å². The first-order valence-corrected chi connectivity index (χ1v) is 6.33. The monoisotopic (exact) mass is 250 g/mol. The van der Waals surface area contributed by atoms with Crippen molar-refractivity contribution < 1.29 is 9.90 Å². The van der Waals surface area contributed by atoms with Crippen LogP contribution in [-0.4, -0.2) is 23.1 Å².